The van der Waals surface area contributed by atoms with Crippen molar-refractivity contribution in [2.24, 2.45) is 5.73 Å². The average Bonchev–Trinajstić information content (AvgIpc) is 2.05. The predicted octanol–water partition coefficient (Wildman–Crippen LogP) is 2.49. The zero-order valence-corrected chi connectivity index (χ0v) is 7.39. The molecule has 0 spiro atoms. The summed E-state index contributed by atoms with van der Waals surface area (Å²) in [6, 6.07) is 9.26. The summed E-state index contributed by atoms with van der Waals surface area (Å²) in [5.74, 6) is 0. The van der Waals surface area contributed by atoms with Crippen LogP contribution in [-0.2, 0) is 0 Å². The maximum Gasteiger partial charge on any atom is 0.127 e. The first-order valence-electron chi connectivity index (χ1n) is 3.30. The molecule has 3 heteroatoms. The van der Waals surface area contributed by atoms with E-state index in [2.05, 4.69) is 0 Å². The molecule has 1 rings (SSSR count). The molecule has 1 nitrogen and oxygen atoms in total. The molecule has 0 unspecified atom stereocenters. The Labute approximate surface area is 76.1 Å². The van der Waals surface area contributed by atoms with Crippen molar-refractivity contribution in [1.82, 2.24) is 0 Å². The minimum Gasteiger partial charge on any atom is -0.322 e. The zero-order chi connectivity index (χ0) is 8.27. The molecule has 2 N–H and O–H groups in total. The molecule has 0 radical (unpaired) electrons. The lowest BCUT2D eigenvalue weighted by molar-refractivity contribution is 0.789. The molecule has 1 atom stereocenters. The van der Waals surface area contributed by atoms with Crippen molar-refractivity contribution in [2.45, 2.75) is 10.9 Å². The Hall–Kier alpha value is -0.240. The molecule has 0 aliphatic rings. The molecule has 0 aromatic heterocycles. The van der Waals surface area contributed by atoms with Crippen molar-refractivity contribution in [3.8, 4) is 0 Å². The molecule has 0 saturated carbocycles. The molecule has 1 aromatic carbocycles. The standard InChI is InChI=1S/C8H9Cl2N/c9-8(10)7(11)6-4-2-1-3-5-6/h1-5,7-8H,11H2/t7-/m1/s1. The highest BCUT2D eigenvalue weighted by Crippen LogP contribution is 2.20. The summed E-state index contributed by atoms with van der Waals surface area (Å²) in [4.78, 5) is -0.544. The zero-order valence-electron chi connectivity index (χ0n) is 5.87. The Balaban J connectivity index is 2.77. The summed E-state index contributed by atoms with van der Waals surface area (Å²) in [7, 11) is 0. The highest BCUT2D eigenvalue weighted by atomic mass is 35.5. The quantitative estimate of drug-likeness (QED) is 0.712. The van der Waals surface area contributed by atoms with Crippen LogP contribution in [0.15, 0.2) is 30.3 Å². The first-order chi connectivity index (χ1) is 5.22. The molecule has 0 saturated heterocycles. The van der Waals surface area contributed by atoms with Crippen molar-refractivity contribution in [3.63, 3.8) is 0 Å². The largest absolute Gasteiger partial charge is 0.322 e. The van der Waals surface area contributed by atoms with Gasteiger partial charge in [-0.3, -0.25) is 0 Å². The Morgan fingerprint density at radius 1 is 1.09 bits per heavy atom. The number of hydrogen-bond donors (Lipinski definition) is 1. The van der Waals surface area contributed by atoms with Gasteiger partial charge in [-0.25, -0.2) is 0 Å². The smallest absolute Gasteiger partial charge is 0.127 e. The van der Waals surface area contributed by atoms with Crippen molar-refractivity contribution < 1.29 is 0 Å². The molecule has 0 fully saturated rings. The molecule has 1 aromatic rings. The van der Waals surface area contributed by atoms with Crippen LogP contribution in [0, 0.1) is 0 Å². The first kappa shape index (κ1) is 8.85. The van der Waals surface area contributed by atoms with E-state index in [-0.39, 0.29) is 6.04 Å². The van der Waals surface area contributed by atoms with E-state index in [0.29, 0.717) is 0 Å². The average molecular weight is 190 g/mol. The lowest BCUT2D eigenvalue weighted by atomic mass is 10.1. The van der Waals surface area contributed by atoms with Crippen LogP contribution >= 0.6 is 23.2 Å². The van der Waals surface area contributed by atoms with E-state index in [0.717, 1.165) is 5.56 Å². The fourth-order valence-electron chi connectivity index (χ4n) is 0.821. The second kappa shape index (κ2) is 3.96. The first-order valence-corrected chi connectivity index (χ1v) is 4.18. The number of nitrogens with two attached hydrogens (primary N) is 1. The van der Waals surface area contributed by atoms with E-state index >= 15 is 0 Å². The Morgan fingerprint density at radius 2 is 1.64 bits per heavy atom. The molecule has 11 heavy (non-hydrogen) atoms. The lowest BCUT2D eigenvalue weighted by Crippen LogP contribution is -2.16. The molecule has 0 aliphatic heterocycles. The highest BCUT2D eigenvalue weighted by Gasteiger charge is 2.12. The van der Waals surface area contributed by atoms with E-state index in [1.54, 1.807) is 0 Å². The molecular formula is C8H9Cl2N. The maximum atomic E-state index is 5.67. The van der Waals surface area contributed by atoms with E-state index in [4.69, 9.17) is 28.9 Å². The summed E-state index contributed by atoms with van der Waals surface area (Å²) < 4.78 is 0. The third kappa shape index (κ3) is 2.37. The SMILES string of the molecule is N[C@H](c1ccccc1)C(Cl)Cl. The monoisotopic (exact) mass is 189 g/mol. The summed E-state index contributed by atoms with van der Waals surface area (Å²) >= 11 is 11.2. The summed E-state index contributed by atoms with van der Waals surface area (Å²) in [5.41, 5.74) is 6.63. The fraction of sp³-hybridized carbons (Fsp3) is 0.250. The number of benzene rings is 1. The minimum absolute atomic E-state index is 0.292. The third-order valence-electron chi connectivity index (χ3n) is 1.46. The second-order valence-corrected chi connectivity index (χ2v) is 3.43. The normalized spacial score (nSPS) is 13.5. The maximum absolute atomic E-state index is 5.67. The van der Waals surface area contributed by atoms with Gasteiger partial charge in [0.25, 0.3) is 0 Å². The minimum atomic E-state index is -0.544. The number of halogens is 2. The van der Waals surface area contributed by atoms with Gasteiger partial charge in [0.2, 0.25) is 0 Å². The number of rotatable bonds is 2. The van der Waals surface area contributed by atoms with Gasteiger partial charge in [-0.15, -0.1) is 23.2 Å². The summed E-state index contributed by atoms with van der Waals surface area (Å²) in [5, 5.41) is 0. The number of alkyl halides is 2. The van der Waals surface area contributed by atoms with Gasteiger partial charge in [0.05, 0.1) is 6.04 Å². The molecule has 0 bridgehead atoms. The van der Waals surface area contributed by atoms with E-state index in [9.17, 15) is 0 Å². The van der Waals surface area contributed by atoms with Gasteiger partial charge in [0.15, 0.2) is 0 Å². The second-order valence-electron chi connectivity index (χ2n) is 2.27. The summed E-state index contributed by atoms with van der Waals surface area (Å²) in [6.07, 6.45) is 0. The molecule has 0 amide bonds. The topological polar surface area (TPSA) is 26.0 Å². The van der Waals surface area contributed by atoms with Gasteiger partial charge in [0.1, 0.15) is 4.84 Å². The molecule has 0 heterocycles. The van der Waals surface area contributed by atoms with Crippen LogP contribution < -0.4 is 5.73 Å². The molecule has 60 valence electrons. The Bertz CT molecular complexity index is 211. The van der Waals surface area contributed by atoms with Crippen LogP contribution in [0.3, 0.4) is 0 Å². The van der Waals surface area contributed by atoms with Gasteiger partial charge < -0.3 is 5.73 Å². The fourth-order valence-corrected chi connectivity index (χ4v) is 1.11. The van der Waals surface area contributed by atoms with Crippen LogP contribution in [0.1, 0.15) is 11.6 Å². The van der Waals surface area contributed by atoms with Crippen LogP contribution in [0.4, 0.5) is 0 Å². The van der Waals surface area contributed by atoms with Crippen LogP contribution in [-0.4, -0.2) is 4.84 Å². The van der Waals surface area contributed by atoms with E-state index < -0.39 is 4.84 Å². The van der Waals surface area contributed by atoms with Gasteiger partial charge in [-0.05, 0) is 5.56 Å². The molecular weight excluding hydrogens is 181 g/mol. The van der Waals surface area contributed by atoms with E-state index in [1.165, 1.54) is 0 Å². The summed E-state index contributed by atoms with van der Waals surface area (Å²) in [6.45, 7) is 0. The van der Waals surface area contributed by atoms with Crippen molar-refractivity contribution in [2.75, 3.05) is 0 Å². The third-order valence-corrected chi connectivity index (χ3v) is 2.00. The van der Waals surface area contributed by atoms with Gasteiger partial charge in [0, 0.05) is 0 Å². The van der Waals surface area contributed by atoms with Crippen LogP contribution in [0.2, 0.25) is 0 Å². The van der Waals surface area contributed by atoms with E-state index in [1.807, 2.05) is 30.3 Å². The van der Waals surface area contributed by atoms with Crippen molar-refractivity contribution >= 4 is 23.2 Å². The van der Waals surface area contributed by atoms with Crippen molar-refractivity contribution in [3.05, 3.63) is 35.9 Å². The van der Waals surface area contributed by atoms with Gasteiger partial charge in [-0.1, -0.05) is 30.3 Å². The Morgan fingerprint density at radius 3 is 2.09 bits per heavy atom. The van der Waals surface area contributed by atoms with Gasteiger partial charge in [-0.2, -0.15) is 0 Å². The number of hydrogen-bond acceptors (Lipinski definition) is 1. The molecule has 0 aliphatic carbocycles. The van der Waals surface area contributed by atoms with Gasteiger partial charge >= 0.3 is 0 Å². The predicted molar refractivity (Wildman–Crippen MR) is 48.9 cm³/mol. The highest BCUT2D eigenvalue weighted by molar-refractivity contribution is 6.44. The van der Waals surface area contributed by atoms with Crippen molar-refractivity contribution in [1.29, 1.82) is 0 Å². The lowest BCUT2D eigenvalue weighted by Gasteiger charge is -2.11. The van der Waals surface area contributed by atoms with Crippen LogP contribution in [0.25, 0.3) is 0 Å². The van der Waals surface area contributed by atoms with Crippen LogP contribution in [0.5, 0.6) is 0 Å². The Kier molecular flexibility index (Phi) is 3.18.